The molecule has 2 aliphatic carbocycles. The third-order valence-corrected chi connectivity index (χ3v) is 12.6. The summed E-state index contributed by atoms with van der Waals surface area (Å²) < 4.78 is 24.1. The van der Waals surface area contributed by atoms with E-state index in [9.17, 15) is 0 Å². The normalized spacial score (nSPS) is 15.3. The largest absolute Gasteiger partial charge is 0.496 e. The first-order valence-electron chi connectivity index (χ1n) is 21.0. The van der Waals surface area contributed by atoms with Crippen LogP contribution in [0.3, 0.4) is 0 Å². The molecule has 6 aromatic carbocycles. The van der Waals surface area contributed by atoms with Gasteiger partial charge in [0.25, 0.3) is 0 Å². The van der Waals surface area contributed by atoms with Crippen molar-refractivity contribution in [2.75, 3.05) is 14.2 Å². The molecule has 0 spiro atoms. The van der Waals surface area contributed by atoms with Gasteiger partial charge in [0, 0.05) is 23.3 Å². The molecule has 2 saturated carbocycles. The topological polar surface area (TPSA) is 70.5 Å². The molecular weight excluding hydrogens is 717 g/mol. The van der Waals surface area contributed by atoms with Gasteiger partial charge in [0.1, 0.15) is 22.5 Å². The monoisotopic (exact) mass is 764 g/mol. The molecule has 290 valence electrons. The van der Waals surface area contributed by atoms with Crippen molar-refractivity contribution in [1.82, 2.24) is 9.97 Å². The lowest BCUT2D eigenvalue weighted by Gasteiger charge is -2.23. The predicted molar refractivity (Wildman–Crippen MR) is 234 cm³/mol. The maximum Gasteiger partial charge on any atom is 0.227 e. The maximum absolute atomic E-state index is 6.24. The first kappa shape index (κ1) is 36.2. The Hall–Kier alpha value is -6.14. The molecule has 0 aliphatic heterocycles. The minimum absolute atomic E-state index is 0.529. The molecule has 10 rings (SSSR count). The highest BCUT2D eigenvalue weighted by Crippen LogP contribution is 2.42. The van der Waals surface area contributed by atoms with Crippen LogP contribution in [0.5, 0.6) is 11.5 Å². The Morgan fingerprint density at radius 2 is 0.690 bits per heavy atom. The van der Waals surface area contributed by atoms with Crippen LogP contribution in [0.25, 0.3) is 78.5 Å². The quantitative estimate of drug-likeness (QED) is 0.146. The van der Waals surface area contributed by atoms with E-state index in [2.05, 4.69) is 109 Å². The number of rotatable bonds is 9. The van der Waals surface area contributed by atoms with Crippen LogP contribution in [0.2, 0.25) is 0 Å². The van der Waals surface area contributed by atoms with E-state index in [4.69, 9.17) is 28.3 Å². The molecule has 6 heteroatoms. The van der Waals surface area contributed by atoms with Crippen molar-refractivity contribution in [1.29, 1.82) is 0 Å². The van der Waals surface area contributed by atoms with Gasteiger partial charge in [-0.3, -0.25) is 0 Å². The van der Waals surface area contributed by atoms with E-state index < -0.39 is 0 Å². The van der Waals surface area contributed by atoms with E-state index in [1.54, 1.807) is 14.2 Å². The van der Waals surface area contributed by atoms with E-state index in [1.165, 1.54) is 86.5 Å². The van der Waals surface area contributed by atoms with Gasteiger partial charge in [-0.25, -0.2) is 9.97 Å². The van der Waals surface area contributed by atoms with Crippen LogP contribution in [-0.2, 0) is 0 Å². The molecule has 0 unspecified atom stereocenters. The Morgan fingerprint density at radius 3 is 0.983 bits per heavy atom. The lowest BCUT2D eigenvalue weighted by atomic mass is 9.83. The third kappa shape index (κ3) is 7.06. The first-order chi connectivity index (χ1) is 28.6. The van der Waals surface area contributed by atoms with Crippen molar-refractivity contribution in [3.05, 3.63) is 132 Å². The minimum atomic E-state index is 0.529. The van der Waals surface area contributed by atoms with Gasteiger partial charge in [-0.15, -0.1) is 0 Å². The highest BCUT2D eigenvalue weighted by molar-refractivity contribution is 5.82. The molecular formula is C52H48N2O4. The molecule has 2 heterocycles. The average Bonchev–Trinajstić information content (AvgIpc) is 3.93. The summed E-state index contributed by atoms with van der Waals surface area (Å²) in [4.78, 5) is 9.80. The number of benzene rings is 6. The molecule has 0 atom stereocenters. The zero-order chi connectivity index (χ0) is 39.0. The third-order valence-electron chi connectivity index (χ3n) is 12.6. The molecule has 2 aliphatic rings. The van der Waals surface area contributed by atoms with E-state index in [-0.39, 0.29) is 0 Å². The molecule has 2 fully saturated rings. The van der Waals surface area contributed by atoms with Crippen molar-refractivity contribution < 1.29 is 18.3 Å². The molecule has 6 nitrogen and oxygen atoms in total. The van der Waals surface area contributed by atoms with E-state index in [1.807, 2.05) is 12.1 Å². The Bertz CT molecular complexity index is 2490. The van der Waals surface area contributed by atoms with Crippen LogP contribution in [0, 0.1) is 0 Å². The zero-order valence-corrected chi connectivity index (χ0v) is 33.3. The second-order valence-electron chi connectivity index (χ2n) is 16.1. The van der Waals surface area contributed by atoms with Gasteiger partial charge in [0.15, 0.2) is 11.2 Å². The zero-order valence-electron chi connectivity index (χ0n) is 33.3. The molecule has 0 saturated heterocycles. The van der Waals surface area contributed by atoms with Crippen LogP contribution in [0.15, 0.2) is 130 Å². The number of nitrogens with zero attached hydrogens (tertiary/aromatic N) is 2. The Balaban J connectivity index is 0.812. The number of oxazole rings is 2. The SMILES string of the molecule is COc1cc2oc(-c3ccc(-c4ccc(-c5ccc(-c6ccc(-c7nc8cc(C9CCCCC9)c(OC)cc8o7)cc6)cc5)cc4)cc3)nc2cc1C1CCCCC1. The second kappa shape index (κ2) is 15.7. The molecule has 58 heavy (non-hydrogen) atoms. The van der Waals surface area contributed by atoms with Gasteiger partial charge in [0.05, 0.1) is 14.2 Å². The van der Waals surface area contributed by atoms with E-state index in [0.717, 1.165) is 67.1 Å². The van der Waals surface area contributed by atoms with Crippen LogP contribution >= 0.6 is 0 Å². The number of aromatic nitrogens is 2. The maximum atomic E-state index is 6.24. The Morgan fingerprint density at radius 1 is 0.397 bits per heavy atom. The number of methoxy groups -OCH3 is 2. The number of hydrogen-bond donors (Lipinski definition) is 0. The molecule has 2 aromatic heterocycles. The van der Waals surface area contributed by atoms with Crippen LogP contribution in [0.4, 0.5) is 0 Å². The Kier molecular flexibility index (Phi) is 9.78. The van der Waals surface area contributed by atoms with Crippen molar-refractivity contribution in [3.8, 4) is 67.8 Å². The summed E-state index contributed by atoms with van der Waals surface area (Å²) in [6.07, 6.45) is 12.6. The highest BCUT2D eigenvalue weighted by atomic mass is 16.5. The summed E-state index contributed by atoms with van der Waals surface area (Å²) in [6.45, 7) is 0. The number of ether oxygens (including phenoxy) is 2. The molecule has 0 radical (unpaired) electrons. The number of hydrogen-bond acceptors (Lipinski definition) is 6. The van der Waals surface area contributed by atoms with Crippen molar-refractivity contribution in [2.24, 2.45) is 0 Å². The molecule has 0 N–H and O–H groups in total. The fourth-order valence-electron chi connectivity index (χ4n) is 9.33. The van der Waals surface area contributed by atoms with Gasteiger partial charge in [-0.1, -0.05) is 111 Å². The lowest BCUT2D eigenvalue weighted by molar-refractivity contribution is 0.387. The second-order valence-corrected chi connectivity index (χ2v) is 16.1. The minimum Gasteiger partial charge on any atom is -0.496 e. The van der Waals surface area contributed by atoms with E-state index in [0.29, 0.717) is 23.6 Å². The van der Waals surface area contributed by atoms with Gasteiger partial charge in [0.2, 0.25) is 11.8 Å². The molecule has 0 amide bonds. The van der Waals surface area contributed by atoms with Crippen LogP contribution in [-0.4, -0.2) is 24.2 Å². The van der Waals surface area contributed by atoms with Crippen molar-refractivity contribution in [3.63, 3.8) is 0 Å². The van der Waals surface area contributed by atoms with Crippen LogP contribution in [0.1, 0.15) is 87.2 Å². The summed E-state index contributed by atoms with van der Waals surface area (Å²) in [6, 6.07) is 42.9. The van der Waals surface area contributed by atoms with E-state index >= 15 is 0 Å². The van der Waals surface area contributed by atoms with Gasteiger partial charge < -0.3 is 18.3 Å². The van der Waals surface area contributed by atoms with Crippen molar-refractivity contribution in [2.45, 2.75) is 76.0 Å². The first-order valence-corrected chi connectivity index (χ1v) is 21.0. The van der Waals surface area contributed by atoms with Crippen molar-refractivity contribution >= 4 is 22.2 Å². The summed E-state index contributed by atoms with van der Waals surface area (Å²) in [7, 11) is 3.50. The molecule has 8 aromatic rings. The summed E-state index contributed by atoms with van der Waals surface area (Å²) in [5.41, 5.74) is 14.7. The predicted octanol–water partition coefficient (Wildman–Crippen LogP) is 14.4. The smallest absolute Gasteiger partial charge is 0.227 e. The lowest BCUT2D eigenvalue weighted by Crippen LogP contribution is -2.06. The molecule has 0 bridgehead atoms. The summed E-state index contributed by atoms with van der Waals surface area (Å²) >= 11 is 0. The van der Waals surface area contributed by atoms with Crippen LogP contribution < -0.4 is 9.47 Å². The van der Waals surface area contributed by atoms with Gasteiger partial charge in [-0.05, 0) is 118 Å². The average molecular weight is 765 g/mol. The summed E-state index contributed by atoms with van der Waals surface area (Å²) in [5.74, 6) is 4.13. The Labute approximate surface area is 339 Å². The van der Waals surface area contributed by atoms with Gasteiger partial charge in [-0.2, -0.15) is 0 Å². The standard InChI is InChI=1S/C52H48N2O4/c1-55-47-31-49-45(29-43(47)39-9-5-3-6-10-39)53-51(57-49)41-25-21-37(22-26-41)35-17-13-33(14-18-35)34-15-19-36(20-16-34)38-23-27-42(28-24-38)52-54-46-30-44(40-11-7-4-8-12-40)48(56-2)32-50(46)58-52/h13-32,39-40H,3-12H2,1-2H3. The number of fused-ring (bicyclic) bond motifs is 2. The highest BCUT2D eigenvalue weighted by Gasteiger charge is 2.23. The fourth-order valence-corrected chi connectivity index (χ4v) is 9.33. The fraction of sp³-hybridized carbons (Fsp3) is 0.269. The summed E-state index contributed by atoms with van der Waals surface area (Å²) in [5, 5.41) is 0. The van der Waals surface area contributed by atoms with Gasteiger partial charge >= 0.3 is 0 Å².